The van der Waals surface area contributed by atoms with E-state index in [4.69, 9.17) is 4.74 Å². The van der Waals surface area contributed by atoms with Gasteiger partial charge in [-0.1, -0.05) is 0 Å². The molecule has 2 aromatic carbocycles. The third kappa shape index (κ3) is 4.42. The van der Waals surface area contributed by atoms with Crippen LogP contribution in [0.1, 0.15) is 34.3 Å². The van der Waals surface area contributed by atoms with Crippen molar-refractivity contribution in [1.29, 1.82) is 0 Å². The SMILES string of the molecule is COC(=O)c1ccc2c(c1)CCN2C(=O)C1CCN(c2ccc(C(F)(F)F)cc2[N+](=O)[O-])CC1. The number of rotatable bonds is 4. The molecule has 1 saturated heterocycles. The lowest BCUT2D eigenvalue weighted by atomic mass is 9.94. The highest BCUT2D eigenvalue weighted by atomic mass is 19.4. The second kappa shape index (κ2) is 8.96. The Bertz CT molecular complexity index is 1140. The molecule has 0 unspecified atom stereocenters. The van der Waals surface area contributed by atoms with Gasteiger partial charge >= 0.3 is 12.1 Å². The molecule has 0 aliphatic carbocycles. The Morgan fingerprint density at radius 3 is 2.35 bits per heavy atom. The summed E-state index contributed by atoms with van der Waals surface area (Å²) in [6.07, 6.45) is -3.22. The van der Waals surface area contributed by atoms with Crippen molar-refractivity contribution >= 4 is 28.9 Å². The lowest BCUT2D eigenvalue weighted by Gasteiger charge is -2.34. The van der Waals surface area contributed by atoms with Gasteiger partial charge in [-0.3, -0.25) is 14.9 Å². The number of nitro benzene ring substituents is 1. The fourth-order valence-electron chi connectivity index (χ4n) is 4.58. The van der Waals surface area contributed by atoms with Gasteiger partial charge in [0.1, 0.15) is 5.69 Å². The first kappa shape index (κ1) is 23.5. The van der Waals surface area contributed by atoms with Crippen LogP contribution in [0.15, 0.2) is 36.4 Å². The number of fused-ring (bicyclic) bond motifs is 1. The molecule has 180 valence electrons. The van der Waals surface area contributed by atoms with Gasteiger partial charge in [-0.15, -0.1) is 0 Å². The molecule has 0 radical (unpaired) electrons. The monoisotopic (exact) mass is 477 g/mol. The predicted molar refractivity (Wildman–Crippen MR) is 117 cm³/mol. The molecule has 2 aliphatic rings. The number of anilines is 2. The number of carbonyl (C=O) groups is 2. The minimum atomic E-state index is -4.67. The Morgan fingerprint density at radius 1 is 1.06 bits per heavy atom. The maximum atomic E-state index is 13.2. The Morgan fingerprint density at radius 2 is 1.74 bits per heavy atom. The number of hydrogen-bond donors (Lipinski definition) is 0. The average Bonchev–Trinajstić information content (AvgIpc) is 3.25. The number of esters is 1. The maximum Gasteiger partial charge on any atom is 0.416 e. The number of amides is 1. The average molecular weight is 477 g/mol. The Kier molecular flexibility index (Phi) is 6.20. The number of ether oxygens (including phenoxy) is 1. The van der Waals surface area contributed by atoms with Gasteiger partial charge < -0.3 is 14.5 Å². The van der Waals surface area contributed by atoms with Gasteiger partial charge in [0.2, 0.25) is 5.91 Å². The molecular formula is C23H22F3N3O5. The highest BCUT2D eigenvalue weighted by Gasteiger charge is 2.36. The molecule has 2 aliphatic heterocycles. The molecule has 34 heavy (non-hydrogen) atoms. The van der Waals surface area contributed by atoms with Crippen LogP contribution in [0, 0.1) is 16.0 Å². The van der Waals surface area contributed by atoms with E-state index in [2.05, 4.69) is 0 Å². The van der Waals surface area contributed by atoms with Crippen LogP contribution >= 0.6 is 0 Å². The zero-order chi connectivity index (χ0) is 24.6. The van der Waals surface area contributed by atoms with Gasteiger partial charge in [-0.2, -0.15) is 13.2 Å². The minimum absolute atomic E-state index is 0.0638. The highest BCUT2D eigenvalue weighted by Crippen LogP contribution is 2.38. The fourth-order valence-corrected chi connectivity index (χ4v) is 4.58. The molecule has 0 aromatic heterocycles. The summed E-state index contributed by atoms with van der Waals surface area (Å²) in [5, 5.41) is 11.4. The molecule has 8 nitrogen and oxygen atoms in total. The van der Waals surface area contributed by atoms with Crippen molar-refractivity contribution in [1.82, 2.24) is 0 Å². The van der Waals surface area contributed by atoms with E-state index in [1.54, 1.807) is 28.0 Å². The van der Waals surface area contributed by atoms with Crippen molar-refractivity contribution in [2.75, 3.05) is 36.5 Å². The first-order valence-electron chi connectivity index (χ1n) is 10.7. The summed E-state index contributed by atoms with van der Waals surface area (Å²) in [7, 11) is 1.30. The fraction of sp³-hybridized carbons (Fsp3) is 0.391. The van der Waals surface area contributed by atoms with E-state index < -0.39 is 28.3 Å². The Hall–Kier alpha value is -3.63. The zero-order valence-electron chi connectivity index (χ0n) is 18.3. The number of piperidine rings is 1. The van der Waals surface area contributed by atoms with Crippen molar-refractivity contribution in [2.45, 2.75) is 25.4 Å². The summed E-state index contributed by atoms with van der Waals surface area (Å²) in [6, 6.07) is 7.58. The van der Waals surface area contributed by atoms with Crippen molar-refractivity contribution < 1.29 is 32.4 Å². The van der Waals surface area contributed by atoms with E-state index in [1.165, 1.54) is 7.11 Å². The summed E-state index contributed by atoms with van der Waals surface area (Å²) < 4.78 is 43.7. The molecule has 0 atom stereocenters. The van der Waals surface area contributed by atoms with Gasteiger partial charge in [0.15, 0.2) is 0 Å². The number of nitrogens with zero attached hydrogens (tertiary/aromatic N) is 3. The van der Waals surface area contributed by atoms with E-state index in [0.717, 1.165) is 23.4 Å². The third-order valence-electron chi connectivity index (χ3n) is 6.35. The molecule has 0 bridgehead atoms. The molecule has 0 N–H and O–H groups in total. The maximum absolute atomic E-state index is 13.2. The number of carbonyl (C=O) groups excluding carboxylic acids is 2. The molecular weight excluding hydrogens is 455 g/mol. The molecule has 2 heterocycles. The number of halogens is 3. The normalized spacial score (nSPS) is 16.4. The molecule has 0 spiro atoms. The summed E-state index contributed by atoms with van der Waals surface area (Å²) in [4.78, 5) is 38.9. The summed E-state index contributed by atoms with van der Waals surface area (Å²) in [5.41, 5.74) is 0.492. The van der Waals surface area contributed by atoms with E-state index >= 15 is 0 Å². The molecule has 1 amide bonds. The zero-order valence-corrected chi connectivity index (χ0v) is 18.3. The van der Waals surface area contributed by atoms with Crippen molar-refractivity contribution in [3.63, 3.8) is 0 Å². The third-order valence-corrected chi connectivity index (χ3v) is 6.35. The van der Waals surface area contributed by atoms with Crippen LogP contribution < -0.4 is 9.80 Å². The Labute approximate surface area is 193 Å². The van der Waals surface area contributed by atoms with Gasteiger partial charge in [0.05, 0.1) is 23.2 Å². The number of hydrogen-bond acceptors (Lipinski definition) is 6. The van der Waals surface area contributed by atoms with Crippen molar-refractivity contribution in [2.24, 2.45) is 5.92 Å². The van der Waals surface area contributed by atoms with E-state index in [-0.39, 0.29) is 17.5 Å². The second-order valence-electron chi connectivity index (χ2n) is 8.29. The van der Waals surface area contributed by atoms with Crippen LogP contribution in [0.25, 0.3) is 0 Å². The van der Waals surface area contributed by atoms with Crippen molar-refractivity contribution in [3.8, 4) is 0 Å². The van der Waals surface area contributed by atoms with Gasteiger partial charge in [0, 0.05) is 37.3 Å². The lowest BCUT2D eigenvalue weighted by Crippen LogP contribution is -2.42. The smallest absolute Gasteiger partial charge is 0.416 e. The van der Waals surface area contributed by atoms with Crippen LogP contribution in [0.4, 0.5) is 30.2 Å². The van der Waals surface area contributed by atoms with Crippen LogP contribution in [-0.4, -0.2) is 43.5 Å². The number of benzene rings is 2. The molecule has 4 rings (SSSR count). The number of methoxy groups -OCH3 is 1. The predicted octanol–water partition coefficient (Wildman–Crippen LogP) is 4.21. The van der Waals surface area contributed by atoms with Crippen LogP contribution in [0.3, 0.4) is 0 Å². The summed E-state index contributed by atoms with van der Waals surface area (Å²) >= 11 is 0. The standard InChI is InChI=1S/C23H22F3N3O5/c1-34-22(31)16-2-4-18-15(12-16)8-11-28(18)21(30)14-6-9-27(10-7-14)19-5-3-17(23(24,25)26)13-20(19)29(32)33/h2-5,12-14H,6-11H2,1H3. The molecule has 2 aromatic rings. The topological polar surface area (TPSA) is 93.0 Å². The molecule has 11 heteroatoms. The van der Waals surface area contributed by atoms with Crippen LogP contribution in [-0.2, 0) is 22.1 Å². The van der Waals surface area contributed by atoms with Crippen molar-refractivity contribution in [3.05, 3.63) is 63.2 Å². The summed E-state index contributed by atoms with van der Waals surface area (Å²) in [6.45, 7) is 1.11. The Balaban J connectivity index is 1.46. The van der Waals surface area contributed by atoms with Gasteiger partial charge in [-0.25, -0.2) is 4.79 Å². The molecule has 1 fully saturated rings. The van der Waals surface area contributed by atoms with Gasteiger partial charge in [-0.05, 0) is 55.2 Å². The van der Waals surface area contributed by atoms with E-state index in [1.807, 2.05) is 0 Å². The number of alkyl halides is 3. The minimum Gasteiger partial charge on any atom is -0.465 e. The second-order valence-corrected chi connectivity index (χ2v) is 8.29. The largest absolute Gasteiger partial charge is 0.465 e. The number of nitro groups is 1. The summed E-state index contributed by atoms with van der Waals surface area (Å²) in [5.74, 6) is -0.820. The van der Waals surface area contributed by atoms with Crippen LogP contribution in [0.2, 0.25) is 0 Å². The van der Waals surface area contributed by atoms with E-state index in [0.29, 0.717) is 50.5 Å². The highest BCUT2D eigenvalue weighted by molar-refractivity contribution is 5.98. The quantitative estimate of drug-likeness (QED) is 0.372. The van der Waals surface area contributed by atoms with Gasteiger partial charge in [0.25, 0.3) is 5.69 Å². The molecule has 0 saturated carbocycles. The lowest BCUT2D eigenvalue weighted by molar-refractivity contribution is -0.384. The first-order chi connectivity index (χ1) is 16.1. The van der Waals surface area contributed by atoms with Crippen LogP contribution in [0.5, 0.6) is 0 Å². The first-order valence-corrected chi connectivity index (χ1v) is 10.7. The van der Waals surface area contributed by atoms with E-state index in [9.17, 15) is 32.9 Å².